The van der Waals surface area contributed by atoms with Gasteiger partial charge in [0.15, 0.2) is 0 Å². The number of alkyl halides is 6. The molecule has 0 saturated heterocycles. The largest absolute Gasteiger partial charge is 0.481 e. The van der Waals surface area contributed by atoms with Gasteiger partial charge in [-0.3, -0.25) is 0 Å². The summed E-state index contributed by atoms with van der Waals surface area (Å²) in [7, 11) is 1.32. The molecule has 0 radical (unpaired) electrons. The van der Waals surface area contributed by atoms with Gasteiger partial charge in [-0.15, -0.1) is 0 Å². The molecule has 1 unspecified atom stereocenters. The Morgan fingerprint density at radius 3 is 2.14 bits per heavy atom. The molecule has 0 fully saturated rings. The first-order valence-electron chi connectivity index (χ1n) is 10.4. The first-order chi connectivity index (χ1) is 16.8. The number of amides is 2. The summed E-state index contributed by atoms with van der Waals surface area (Å²) >= 11 is 0. The zero-order chi connectivity index (χ0) is 26.6. The molecule has 3 aromatic rings. The zero-order valence-corrected chi connectivity index (χ0v) is 18.7. The van der Waals surface area contributed by atoms with Crippen molar-refractivity contribution >= 4 is 6.03 Å². The Kier molecular flexibility index (Phi) is 7.75. The van der Waals surface area contributed by atoms with Gasteiger partial charge in [-0.2, -0.15) is 26.3 Å². The number of urea groups is 1. The number of rotatable bonds is 7. The number of pyridine rings is 1. The first kappa shape index (κ1) is 26.8. The molecule has 0 aliphatic carbocycles. The lowest BCUT2D eigenvalue weighted by Crippen LogP contribution is -2.53. The second-order valence-corrected chi connectivity index (χ2v) is 7.81. The third-order valence-electron chi connectivity index (χ3n) is 5.24. The second kappa shape index (κ2) is 10.4. The molecule has 2 aromatic carbocycles. The smallest absolute Gasteiger partial charge is 0.416 e. The highest BCUT2D eigenvalue weighted by Gasteiger charge is 2.40. The fourth-order valence-electron chi connectivity index (χ4n) is 3.63. The number of nitrogens with zero attached hydrogens (tertiary/aromatic N) is 1. The molecule has 1 aromatic heterocycles. The second-order valence-electron chi connectivity index (χ2n) is 7.81. The molecule has 2 amide bonds. The number of aromatic nitrogens is 1. The van der Waals surface area contributed by atoms with Crippen molar-refractivity contribution in [1.29, 1.82) is 0 Å². The number of hydrogen-bond acceptors (Lipinski definition) is 3. The molecule has 3 rings (SSSR count). The highest BCUT2D eigenvalue weighted by Crippen LogP contribution is 2.38. The van der Waals surface area contributed by atoms with Crippen molar-refractivity contribution in [2.75, 3.05) is 13.7 Å². The molecule has 12 heteroatoms. The topological polar surface area (TPSA) is 63.2 Å². The van der Waals surface area contributed by atoms with E-state index in [-0.39, 0.29) is 29.5 Å². The summed E-state index contributed by atoms with van der Waals surface area (Å²) < 4.78 is 98.3. The molecule has 0 aliphatic heterocycles. The van der Waals surface area contributed by atoms with E-state index < -0.39 is 41.8 Å². The highest BCUT2D eigenvalue weighted by atomic mass is 19.4. The molecule has 0 bridgehead atoms. The molecule has 0 aliphatic rings. The van der Waals surface area contributed by atoms with Crippen LogP contribution >= 0.6 is 0 Å². The normalized spacial score (nSPS) is 13.6. The maximum absolute atomic E-state index is 14.5. The lowest BCUT2D eigenvalue weighted by Gasteiger charge is -2.36. The van der Waals surface area contributed by atoms with E-state index in [0.717, 1.165) is 6.07 Å². The van der Waals surface area contributed by atoms with Gasteiger partial charge in [0.1, 0.15) is 12.4 Å². The van der Waals surface area contributed by atoms with E-state index in [1.807, 2.05) is 0 Å². The number of carbonyl (C=O) groups is 1. The number of nitrogens with one attached hydrogen (secondary N) is 2. The van der Waals surface area contributed by atoms with E-state index in [9.17, 15) is 35.5 Å². The number of carbonyl (C=O) groups excluding carboxylic acids is 1. The summed E-state index contributed by atoms with van der Waals surface area (Å²) in [5.74, 6) is -1.12. The third kappa shape index (κ3) is 6.64. The van der Waals surface area contributed by atoms with Crippen molar-refractivity contribution < 1.29 is 40.3 Å². The molecular weight excluding hydrogens is 495 g/mol. The van der Waals surface area contributed by atoms with Crippen molar-refractivity contribution in [2.45, 2.75) is 24.3 Å². The van der Waals surface area contributed by atoms with Crippen LogP contribution in [0.1, 0.15) is 22.3 Å². The van der Waals surface area contributed by atoms with E-state index in [4.69, 9.17) is 4.74 Å². The van der Waals surface area contributed by atoms with Gasteiger partial charge in [0.2, 0.25) is 5.88 Å². The number of hydrogen-bond donors (Lipinski definition) is 2. The Balaban J connectivity index is 2.25. The quantitative estimate of drug-likeness (QED) is 0.403. The van der Waals surface area contributed by atoms with Crippen LogP contribution < -0.4 is 15.4 Å². The van der Waals surface area contributed by atoms with Crippen LogP contribution in [-0.4, -0.2) is 30.8 Å². The Morgan fingerprint density at radius 1 is 0.917 bits per heavy atom. The van der Waals surface area contributed by atoms with Crippen LogP contribution in [-0.2, 0) is 18.1 Å². The summed E-state index contributed by atoms with van der Waals surface area (Å²) in [4.78, 5) is 16.7. The van der Waals surface area contributed by atoms with E-state index in [1.165, 1.54) is 25.4 Å². The monoisotopic (exact) mass is 515 g/mol. The Hall–Kier alpha value is -3.83. The minimum Gasteiger partial charge on any atom is -0.481 e. The lowest BCUT2D eigenvalue weighted by atomic mass is 9.78. The van der Waals surface area contributed by atoms with Crippen LogP contribution in [0.4, 0.5) is 35.5 Å². The molecule has 0 saturated carbocycles. The van der Waals surface area contributed by atoms with E-state index >= 15 is 0 Å². The van der Waals surface area contributed by atoms with Gasteiger partial charge >= 0.3 is 18.4 Å². The number of halogens is 7. The summed E-state index contributed by atoms with van der Waals surface area (Å²) in [5.41, 5.74) is -3.09. The van der Waals surface area contributed by atoms with Gasteiger partial charge in [0.05, 0.1) is 18.2 Å². The highest BCUT2D eigenvalue weighted by molar-refractivity contribution is 5.76. The number of benzene rings is 2. The van der Waals surface area contributed by atoms with Gasteiger partial charge < -0.3 is 15.4 Å². The van der Waals surface area contributed by atoms with Crippen LogP contribution in [0.2, 0.25) is 0 Å². The lowest BCUT2D eigenvalue weighted by molar-refractivity contribution is -0.137. The summed E-state index contributed by atoms with van der Waals surface area (Å²) in [5, 5.41) is 4.01. The predicted molar refractivity (Wildman–Crippen MR) is 116 cm³/mol. The van der Waals surface area contributed by atoms with E-state index in [0.29, 0.717) is 11.6 Å². The molecule has 5 nitrogen and oxygen atoms in total. The summed E-state index contributed by atoms with van der Waals surface area (Å²) in [6.45, 7) is -1.70. The van der Waals surface area contributed by atoms with Crippen molar-refractivity contribution in [2.24, 2.45) is 0 Å². The fraction of sp³-hybridized carbons (Fsp3) is 0.250. The average molecular weight is 515 g/mol. The maximum atomic E-state index is 14.5. The molecule has 192 valence electrons. The van der Waals surface area contributed by atoms with E-state index in [1.54, 1.807) is 35.6 Å². The minimum absolute atomic E-state index is 0.0769. The van der Waals surface area contributed by atoms with Crippen molar-refractivity contribution in [1.82, 2.24) is 15.6 Å². The molecule has 1 atom stereocenters. The molecule has 36 heavy (non-hydrogen) atoms. The van der Waals surface area contributed by atoms with Gasteiger partial charge in [0.25, 0.3) is 0 Å². The maximum Gasteiger partial charge on any atom is 0.416 e. The first-order valence-corrected chi connectivity index (χ1v) is 10.4. The van der Waals surface area contributed by atoms with Gasteiger partial charge in [-0.05, 0) is 35.4 Å². The van der Waals surface area contributed by atoms with E-state index in [2.05, 4.69) is 10.3 Å². The summed E-state index contributed by atoms with van der Waals surface area (Å²) in [6.07, 6.45) is -8.75. The van der Waals surface area contributed by atoms with Crippen molar-refractivity contribution in [3.8, 4) is 5.88 Å². The van der Waals surface area contributed by atoms with Gasteiger partial charge in [-0.25, -0.2) is 14.2 Å². The van der Waals surface area contributed by atoms with Crippen LogP contribution in [0.15, 0.2) is 66.9 Å². The summed E-state index contributed by atoms with van der Waals surface area (Å²) in [6, 6.07) is 11.2. The van der Waals surface area contributed by atoms with Gasteiger partial charge in [0, 0.05) is 24.2 Å². The van der Waals surface area contributed by atoms with Crippen LogP contribution in [0.3, 0.4) is 0 Å². The SMILES string of the molecule is COc1ccc(C(Cc2ccccc2)(NC(=O)NCC(F)(F)F)c2cc(F)cc(C(F)(F)F)c2)cn1. The standard InChI is InChI=1S/C24H20F7N3O2/c1-36-20-8-7-16(13-32-20)22(12-15-5-3-2-4-6-15,34-21(35)33-14-23(26,27)28)17-9-18(24(29,30)31)11-19(25)10-17/h2-11,13H,12,14H2,1H3,(H2,33,34,35). The molecule has 2 N–H and O–H groups in total. The zero-order valence-electron chi connectivity index (χ0n) is 18.7. The Labute approximate surface area is 201 Å². The minimum atomic E-state index is -4.94. The van der Waals surface area contributed by atoms with Crippen LogP contribution in [0.25, 0.3) is 0 Å². The molecule has 0 spiro atoms. The van der Waals surface area contributed by atoms with Crippen molar-refractivity contribution in [3.05, 3.63) is 94.9 Å². The van der Waals surface area contributed by atoms with Crippen molar-refractivity contribution in [3.63, 3.8) is 0 Å². The fourth-order valence-corrected chi connectivity index (χ4v) is 3.63. The number of ether oxygens (including phenoxy) is 1. The number of methoxy groups -OCH3 is 1. The Bertz CT molecular complexity index is 1180. The Morgan fingerprint density at radius 2 is 1.58 bits per heavy atom. The third-order valence-corrected chi connectivity index (χ3v) is 5.24. The van der Waals surface area contributed by atoms with Gasteiger partial charge in [-0.1, -0.05) is 30.3 Å². The molecular formula is C24H20F7N3O2. The average Bonchev–Trinajstić information content (AvgIpc) is 2.81. The van der Waals surface area contributed by atoms with Crippen LogP contribution in [0, 0.1) is 5.82 Å². The van der Waals surface area contributed by atoms with Crippen LogP contribution in [0.5, 0.6) is 5.88 Å². The molecule has 1 heterocycles. The predicted octanol–water partition coefficient (Wildman–Crippen LogP) is 5.60.